The van der Waals surface area contributed by atoms with Crippen LogP contribution >= 0.6 is 11.8 Å². The standard InChI is InChI=1S/C26H28N6O2S/c1-16(2)19-6-8-20(9-7-19)29-25(33)24-23(15-35-26-27-17(3)14-18(4)28-26)32(31-30-24)21-10-12-22(34-5)13-11-21/h6-14,16H,15H2,1-5H3,(H,29,33). The maximum absolute atomic E-state index is 13.2. The van der Waals surface area contributed by atoms with Crippen molar-refractivity contribution in [3.8, 4) is 11.4 Å². The minimum Gasteiger partial charge on any atom is -0.497 e. The molecule has 0 fully saturated rings. The number of benzene rings is 2. The SMILES string of the molecule is COc1ccc(-n2nnc(C(=O)Nc3ccc(C(C)C)cc3)c2CSc2nc(C)cc(C)n2)cc1. The van der Waals surface area contributed by atoms with Crippen molar-refractivity contribution >= 4 is 23.4 Å². The first-order chi connectivity index (χ1) is 16.8. The second-order valence-electron chi connectivity index (χ2n) is 8.45. The number of nitrogens with zero attached hydrogens (tertiary/aromatic N) is 5. The Hall–Kier alpha value is -3.72. The van der Waals surface area contributed by atoms with Crippen molar-refractivity contribution in [1.82, 2.24) is 25.0 Å². The number of anilines is 1. The average molecular weight is 489 g/mol. The van der Waals surface area contributed by atoms with Crippen LogP contribution in [0.4, 0.5) is 5.69 Å². The minimum atomic E-state index is -0.320. The van der Waals surface area contributed by atoms with Gasteiger partial charge < -0.3 is 10.1 Å². The van der Waals surface area contributed by atoms with E-state index < -0.39 is 0 Å². The smallest absolute Gasteiger partial charge is 0.278 e. The first-order valence-electron chi connectivity index (χ1n) is 11.3. The summed E-state index contributed by atoms with van der Waals surface area (Å²) in [4.78, 5) is 22.2. The minimum absolute atomic E-state index is 0.255. The number of aromatic nitrogens is 5. The van der Waals surface area contributed by atoms with Crippen molar-refractivity contribution in [3.05, 3.63) is 82.9 Å². The van der Waals surface area contributed by atoms with Gasteiger partial charge in [0.2, 0.25) is 0 Å². The molecule has 180 valence electrons. The van der Waals surface area contributed by atoms with Gasteiger partial charge in [-0.2, -0.15) is 0 Å². The highest BCUT2D eigenvalue weighted by Crippen LogP contribution is 2.25. The number of thioether (sulfide) groups is 1. The third kappa shape index (κ3) is 5.86. The van der Waals surface area contributed by atoms with E-state index in [2.05, 4.69) is 39.4 Å². The van der Waals surface area contributed by atoms with Crippen molar-refractivity contribution in [2.45, 2.75) is 44.5 Å². The largest absolute Gasteiger partial charge is 0.497 e. The molecule has 0 radical (unpaired) electrons. The van der Waals surface area contributed by atoms with Gasteiger partial charge in [-0.15, -0.1) is 5.10 Å². The fourth-order valence-electron chi connectivity index (χ4n) is 3.57. The van der Waals surface area contributed by atoms with E-state index in [9.17, 15) is 4.79 Å². The molecule has 8 nitrogen and oxygen atoms in total. The lowest BCUT2D eigenvalue weighted by Gasteiger charge is -2.10. The number of methoxy groups -OCH3 is 1. The highest BCUT2D eigenvalue weighted by Gasteiger charge is 2.22. The normalized spacial score (nSPS) is 11.0. The van der Waals surface area contributed by atoms with E-state index in [0.29, 0.717) is 28.2 Å². The zero-order valence-corrected chi connectivity index (χ0v) is 21.3. The highest BCUT2D eigenvalue weighted by atomic mass is 32.2. The zero-order valence-electron chi connectivity index (χ0n) is 20.4. The molecule has 9 heteroatoms. The van der Waals surface area contributed by atoms with Gasteiger partial charge in [0, 0.05) is 22.8 Å². The lowest BCUT2D eigenvalue weighted by atomic mass is 10.0. The summed E-state index contributed by atoms with van der Waals surface area (Å²) in [5.74, 6) is 1.24. The number of carbonyl (C=O) groups is 1. The van der Waals surface area contributed by atoms with E-state index in [0.717, 1.165) is 22.8 Å². The fourth-order valence-corrected chi connectivity index (χ4v) is 4.51. The molecule has 1 amide bonds. The summed E-state index contributed by atoms with van der Waals surface area (Å²) in [5, 5.41) is 12.1. The molecule has 0 bridgehead atoms. The number of hydrogen-bond donors (Lipinski definition) is 1. The van der Waals surface area contributed by atoms with Gasteiger partial charge in [-0.05, 0) is 67.8 Å². The molecule has 0 aliphatic carbocycles. The Balaban J connectivity index is 1.64. The van der Waals surface area contributed by atoms with E-state index in [1.807, 2.05) is 68.4 Å². The monoisotopic (exact) mass is 488 g/mol. The van der Waals surface area contributed by atoms with Crippen LogP contribution in [0.2, 0.25) is 0 Å². The second-order valence-corrected chi connectivity index (χ2v) is 9.39. The van der Waals surface area contributed by atoms with Crippen LogP contribution in [-0.4, -0.2) is 38.0 Å². The molecule has 0 aliphatic heterocycles. The number of ether oxygens (including phenoxy) is 1. The summed E-state index contributed by atoms with van der Waals surface area (Å²) in [7, 11) is 1.62. The first-order valence-corrected chi connectivity index (χ1v) is 12.3. The van der Waals surface area contributed by atoms with Crippen LogP contribution in [0.1, 0.15) is 52.9 Å². The number of rotatable bonds is 8. The highest BCUT2D eigenvalue weighted by molar-refractivity contribution is 7.98. The van der Waals surface area contributed by atoms with Crippen LogP contribution in [0.5, 0.6) is 5.75 Å². The number of carbonyl (C=O) groups excluding carboxylic acids is 1. The quantitative estimate of drug-likeness (QED) is 0.264. The molecular formula is C26H28N6O2S. The van der Waals surface area contributed by atoms with Crippen molar-refractivity contribution in [3.63, 3.8) is 0 Å². The topological polar surface area (TPSA) is 94.8 Å². The molecule has 4 aromatic rings. The average Bonchev–Trinajstić information content (AvgIpc) is 3.26. The predicted octanol–water partition coefficient (Wildman–Crippen LogP) is 5.35. The Morgan fingerprint density at radius 3 is 2.29 bits per heavy atom. The molecule has 2 aromatic carbocycles. The molecule has 0 spiro atoms. The molecule has 0 aliphatic rings. The molecule has 2 heterocycles. The second kappa shape index (κ2) is 10.7. The van der Waals surface area contributed by atoms with Gasteiger partial charge in [0.25, 0.3) is 5.91 Å². The van der Waals surface area contributed by atoms with Gasteiger partial charge in [-0.3, -0.25) is 4.79 Å². The Bertz CT molecular complexity index is 1300. The van der Waals surface area contributed by atoms with Gasteiger partial charge >= 0.3 is 0 Å². The Morgan fingerprint density at radius 1 is 1.03 bits per heavy atom. The number of nitrogens with one attached hydrogen (secondary N) is 1. The molecule has 0 unspecified atom stereocenters. The van der Waals surface area contributed by atoms with E-state index >= 15 is 0 Å². The Morgan fingerprint density at radius 2 is 1.69 bits per heavy atom. The van der Waals surface area contributed by atoms with Crippen LogP contribution in [0.25, 0.3) is 5.69 Å². The molecular weight excluding hydrogens is 460 g/mol. The molecule has 0 atom stereocenters. The maximum Gasteiger partial charge on any atom is 0.278 e. The summed E-state index contributed by atoms with van der Waals surface area (Å²) in [6, 6.07) is 17.2. The predicted molar refractivity (Wildman–Crippen MR) is 137 cm³/mol. The molecule has 4 rings (SSSR count). The van der Waals surface area contributed by atoms with Gasteiger partial charge in [0.15, 0.2) is 10.9 Å². The fraction of sp³-hybridized carbons (Fsp3) is 0.269. The lowest BCUT2D eigenvalue weighted by molar-refractivity contribution is 0.102. The molecule has 0 saturated heterocycles. The van der Waals surface area contributed by atoms with Crippen molar-refractivity contribution in [2.24, 2.45) is 0 Å². The van der Waals surface area contributed by atoms with E-state index in [1.54, 1.807) is 11.8 Å². The van der Waals surface area contributed by atoms with Gasteiger partial charge in [-0.25, -0.2) is 14.6 Å². The van der Waals surface area contributed by atoms with Gasteiger partial charge in [-0.1, -0.05) is 43.0 Å². The third-order valence-corrected chi connectivity index (χ3v) is 6.29. The first kappa shape index (κ1) is 24.4. The van der Waals surface area contributed by atoms with Crippen molar-refractivity contribution < 1.29 is 9.53 Å². The van der Waals surface area contributed by atoms with Gasteiger partial charge in [0.1, 0.15) is 5.75 Å². The number of hydrogen-bond acceptors (Lipinski definition) is 7. The van der Waals surface area contributed by atoms with E-state index in [4.69, 9.17) is 4.74 Å². The molecule has 35 heavy (non-hydrogen) atoms. The summed E-state index contributed by atoms with van der Waals surface area (Å²) < 4.78 is 6.94. The summed E-state index contributed by atoms with van der Waals surface area (Å²) in [6.07, 6.45) is 0. The summed E-state index contributed by atoms with van der Waals surface area (Å²) in [6.45, 7) is 8.14. The van der Waals surface area contributed by atoms with Crippen molar-refractivity contribution in [2.75, 3.05) is 12.4 Å². The van der Waals surface area contributed by atoms with Crippen LogP contribution in [-0.2, 0) is 5.75 Å². The summed E-state index contributed by atoms with van der Waals surface area (Å²) >= 11 is 1.44. The molecule has 1 N–H and O–H groups in total. The van der Waals surface area contributed by atoms with Crippen molar-refractivity contribution in [1.29, 1.82) is 0 Å². The lowest BCUT2D eigenvalue weighted by Crippen LogP contribution is -2.15. The Labute approximate surface area is 209 Å². The summed E-state index contributed by atoms with van der Waals surface area (Å²) in [5.41, 5.74) is 5.38. The van der Waals surface area contributed by atoms with Crippen LogP contribution in [0, 0.1) is 13.8 Å². The maximum atomic E-state index is 13.2. The van der Waals surface area contributed by atoms with E-state index in [1.165, 1.54) is 17.3 Å². The van der Waals surface area contributed by atoms with Crippen LogP contribution in [0.15, 0.2) is 59.8 Å². The zero-order chi connectivity index (χ0) is 24.9. The number of amides is 1. The van der Waals surface area contributed by atoms with E-state index in [-0.39, 0.29) is 11.6 Å². The third-order valence-electron chi connectivity index (χ3n) is 5.43. The Kier molecular flexibility index (Phi) is 7.45. The van der Waals surface area contributed by atoms with Crippen LogP contribution < -0.4 is 10.1 Å². The number of aryl methyl sites for hydroxylation is 2. The molecule has 2 aromatic heterocycles. The molecule has 0 saturated carbocycles. The van der Waals surface area contributed by atoms with Gasteiger partial charge in [0.05, 0.1) is 18.5 Å². The van der Waals surface area contributed by atoms with Crippen LogP contribution in [0.3, 0.4) is 0 Å².